The lowest BCUT2D eigenvalue weighted by atomic mass is 10.2. The highest BCUT2D eigenvalue weighted by atomic mass is 35.5. The van der Waals surface area contributed by atoms with Crippen molar-refractivity contribution in [2.45, 2.75) is 19.5 Å². The van der Waals surface area contributed by atoms with Gasteiger partial charge in [0.05, 0.1) is 6.20 Å². The highest BCUT2D eigenvalue weighted by Crippen LogP contribution is 2.28. The number of aryl methyl sites for hydroxylation is 1. The van der Waals surface area contributed by atoms with Gasteiger partial charge in [-0.1, -0.05) is 0 Å². The fourth-order valence-electron chi connectivity index (χ4n) is 2.48. The minimum atomic E-state index is 0. The number of aromatic nitrogens is 2. The predicted molar refractivity (Wildman–Crippen MR) is 86.5 cm³/mol. The van der Waals surface area contributed by atoms with Crippen LogP contribution >= 0.6 is 23.7 Å². The van der Waals surface area contributed by atoms with Crippen LogP contribution in [0.4, 0.5) is 0 Å². The van der Waals surface area contributed by atoms with Gasteiger partial charge in [0.15, 0.2) is 0 Å². The monoisotopic (exact) mass is 312 g/mol. The van der Waals surface area contributed by atoms with Crippen molar-refractivity contribution in [2.24, 2.45) is 7.05 Å². The van der Waals surface area contributed by atoms with Gasteiger partial charge in [-0.05, 0) is 19.1 Å². The third kappa shape index (κ3) is 3.41. The molecule has 110 valence electrons. The van der Waals surface area contributed by atoms with E-state index in [4.69, 9.17) is 0 Å². The van der Waals surface area contributed by atoms with Gasteiger partial charge in [0, 0.05) is 60.8 Å². The summed E-state index contributed by atoms with van der Waals surface area (Å²) in [4.78, 5) is 5.30. The van der Waals surface area contributed by atoms with E-state index in [0.717, 1.165) is 26.2 Å². The molecule has 0 spiro atoms. The lowest BCUT2D eigenvalue weighted by Gasteiger charge is -2.33. The Morgan fingerprint density at radius 2 is 2.30 bits per heavy atom. The lowest BCUT2D eigenvalue weighted by Crippen LogP contribution is -2.49. The molecule has 1 atom stereocenters. The SMILES string of the molecule is C[C@H]1CNCCN1Cc1ccc(-c2cnn(C)c2)s1.Cl. The summed E-state index contributed by atoms with van der Waals surface area (Å²) in [6.45, 7) is 6.70. The number of hydrogen-bond donors (Lipinski definition) is 1. The Morgan fingerprint density at radius 3 is 3.00 bits per heavy atom. The second-order valence-electron chi connectivity index (χ2n) is 5.19. The maximum Gasteiger partial charge on any atom is 0.0576 e. The molecular weight excluding hydrogens is 292 g/mol. The first kappa shape index (κ1) is 15.5. The summed E-state index contributed by atoms with van der Waals surface area (Å²) in [6.07, 6.45) is 4.01. The summed E-state index contributed by atoms with van der Waals surface area (Å²) in [5.74, 6) is 0. The third-order valence-corrected chi connectivity index (χ3v) is 4.77. The van der Waals surface area contributed by atoms with Crippen LogP contribution < -0.4 is 5.32 Å². The van der Waals surface area contributed by atoms with Crippen LogP contribution in [0.25, 0.3) is 10.4 Å². The molecule has 0 aliphatic carbocycles. The first-order valence-corrected chi connectivity index (χ1v) is 7.56. The van der Waals surface area contributed by atoms with Crippen molar-refractivity contribution in [3.05, 3.63) is 29.4 Å². The quantitative estimate of drug-likeness (QED) is 0.944. The molecule has 0 radical (unpaired) electrons. The summed E-state index contributed by atoms with van der Waals surface area (Å²) in [7, 11) is 1.96. The van der Waals surface area contributed by atoms with E-state index >= 15 is 0 Å². The summed E-state index contributed by atoms with van der Waals surface area (Å²) >= 11 is 1.88. The minimum absolute atomic E-state index is 0. The Kier molecular flexibility index (Phi) is 5.21. The smallest absolute Gasteiger partial charge is 0.0576 e. The molecule has 6 heteroatoms. The van der Waals surface area contributed by atoms with Crippen LogP contribution in [0.5, 0.6) is 0 Å². The van der Waals surface area contributed by atoms with E-state index in [0.29, 0.717) is 6.04 Å². The van der Waals surface area contributed by atoms with Gasteiger partial charge in [0.1, 0.15) is 0 Å². The average molecular weight is 313 g/mol. The molecule has 0 saturated carbocycles. The van der Waals surface area contributed by atoms with E-state index in [9.17, 15) is 0 Å². The molecular formula is C14H21ClN4S. The number of thiophene rings is 1. The van der Waals surface area contributed by atoms with Crippen molar-refractivity contribution in [1.82, 2.24) is 20.0 Å². The Balaban J connectivity index is 0.00000147. The van der Waals surface area contributed by atoms with Crippen LogP contribution in [0.1, 0.15) is 11.8 Å². The van der Waals surface area contributed by atoms with Crippen LogP contribution in [0.2, 0.25) is 0 Å². The van der Waals surface area contributed by atoms with E-state index in [-0.39, 0.29) is 12.4 Å². The number of hydrogen-bond acceptors (Lipinski definition) is 4. The Bertz CT molecular complexity index is 551. The van der Waals surface area contributed by atoms with Crippen molar-refractivity contribution in [2.75, 3.05) is 19.6 Å². The Morgan fingerprint density at radius 1 is 1.45 bits per heavy atom. The molecule has 1 N–H and O–H groups in total. The maximum absolute atomic E-state index is 4.23. The molecule has 0 amide bonds. The molecule has 20 heavy (non-hydrogen) atoms. The largest absolute Gasteiger partial charge is 0.314 e. The fourth-order valence-corrected chi connectivity index (χ4v) is 3.49. The molecule has 1 aliphatic rings. The van der Waals surface area contributed by atoms with Gasteiger partial charge >= 0.3 is 0 Å². The lowest BCUT2D eigenvalue weighted by molar-refractivity contribution is 0.167. The predicted octanol–water partition coefficient (Wildman–Crippen LogP) is 2.36. The fraction of sp³-hybridized carbons (Fsp3) is 0.500. The number of piperazine rings is 1. The summed E-state index contributed by atoms with van der Waals surface area (Å²) in [5, 5.41) is 7.67. The zero-order valence-corrected chi connectivity index (χ0v) is 13.5. The standard InChI is InChI=1S/C14H20N4S.ClH/c1-11-7-15-5-6-18(11)10-13-3-4-14(19-13)12-8-16-17(2)9-12;/h3-4,8-9,11,15H,5-7,10H2,1-2H3;1H/t11-;/m0./s1. The Hall–Kier alpha value is -0.880. The van der Waals surface area contributed by atoms with Crippen LogP contribution in [-0.4, -0.2) is 40.4 Å². The molecule has 3 rings (SSSR count). The normalized spacial score (nSPS) is 19.8. The van der Waals surface area contributed by atoms with Crippen LogP contribution in [-0.2, 0) is 13.6 Å². The van der Waals surface area contributed by atoms with Gasteiger partial charge in [-0.15, -0.1) is 23.7 Å². The van der Waals surface area contributed by atoms with Gasteiger partial charge in [0.2, 0.25) is 0 Å². The first-order valence-electron chi connectivity index (χ1n) is 6.75. The summed E-state index contributed by atoms with van der Waals surface area (Å²) in [5.41, 5.74) is 1.21. The molecule has 1 fully saturated rings. The van der Waals surface area contributed by atoms with Crippen molar-refractivity contribution >= 4 is 23.7 Å². The number of nitrogens with one attached hydrogen (secondary N) is 1. The second kappa shape index (κ2) is 6.72. The second-order valence-corrected chi connectivity index (χ2v) is 6.36. The minimum Gasteiger partial charge on any atom is -0.314 e. The van der Waals surface area contributed by atoms with Crippen LogP contribution in [0.15, 0.2) is 24.5 Å². The zero-order chi connectivity index (χ0) is 13.2. The summed E-state index contributed by atoms with van der Waals surface area (Å²) < 4.78 is 1.85. The molecule has 1 saturated heterocycles. The van der Waals surface area contributed by atoms with Gasteiger partial charge in [-0.2, -0.15) is 5.10 Å². The van der Waals surface area contributed by atoms with E-state index in [1.54, 1.807) is 0 Å². The summed E-state index contributed by atoms with van der Waals surface area (Å²) in [6, 6.07) is 5.09. The van der Waals surface area contributed by atoms with E-state index in [1.807, 2.05) is 29.3 Å². The van der Waals surface area contributed by atoms with E-state index in [2.05, 4.69) is 40.6 Å². The molecule has 3 heterocycles. The van der Waals surface area contributed by atoms with Crippen molar-refractivity contribution in [3.63, 3.8) is 0 Å². The third-order valence-electron chi connectivity index (χ3n) is 3.65. The van der Waals surface area contributed by atoms with Crippen molar-refractivity contribution < 1.29 is 0 Å². The molecule has 0 unspecified atom stereocenters. The highest BCUT2D eigenvalue weighted by molar-refractivity contribution is 7.15. The van der Waals surface area contributed by atoms with Crippen LogP contribution in [0, 0.1) is 0 Å². The number of halogens is 1. The zero-order valence-electron chi connectivity index (χ0n) is 11.9. The van der Waals surface area contributed by atoms with Crippen LogP contribution in [0.3, 0.4) is 0 Å². The molecule has 4 nitrogen and oxygen atoms in total. The molecule has 2 aromatic heterocycles. The Labute approximate surface area is 130 Å². The number of nitrogens with zero attached hydrogens (tertiary/aromatic N) is 3. The van der Waals surface area contributed by atoms with Crippen molar-refractivity contribution in [3.8, 4) is 10.4 Å². The van der Waals surface area contributed by atoms with E-state index in [1.165, 1.54) is 15.3 Å². The number of rotatable bonds is 3. The molecule has 0 aromatic carbocycles. The average Bonchev–Trinajstić information content (AvgIpc) is 3.01. The van der Waals surface area contributed by atoms with E-state index < -0.39 is 0 Å². The van der Waals surface area contributed by atoms with Gasteiger partial charge in [-0.3, -0.25) is 9.58 Å². The topological polar surface area (TPSA) is 33.1 Å². The van der Waals surface area contributed by atoms with Crippen molar-refractivity contribution in [1.29, 1.82) is 0 Å². The van der Waals surface area contributed by atoms with Gasteiger partial charge < -0.3 is 5.32 Å². The molecule has 0 bridgehead atoms. The molecule has 1 aliphatic heterocycles. The van der Waals surface area contributed by atoms with Gasteiger partial charge in [0.25, 0.3) is 0 Å². The molecule has 2 aromatic rings. The van der Waals surface area contributed by atoms with Gasteiger partial charge in [-0.25, -0.2) is 0 Å². The highest BCUT2D eigenvalue weighted by Gasteiger charge is 2.18. The maximum atomic E-state index is 4.23. The first-order chi connectivity index (χ1) is 9.22.